The summed E-state index contributed by atoms with van der Waals surface area (Å²) in [5, 5.41) is 7.53. The number of carbonyl (C=O) groups excluding carboxylic acids is 2. The van der Waals surface area contributed by atoms with E-state index >= 15 is 0 Å². The Balaban J connectivity index is 1.24. The Morgan fingerprint density at radius 3 is 2.73 bits per heavy atom. The Bertz CT molecular complexity index is 1620. The SMILES string of the molecule is COc1nc(NCC2CCCN2C(=O)OC(C)(C)C)[nH]c(=O)c1NC(=O)c1csc(Oc2cc3c(cc2C)CCC3(C)C)n1. The second-order valence-electron chi connectivity index (χ2n) is 12.9. The van der Waals surface area contributed by atoms with Gasteiger partial charge in [0.15, 0.2) is 5.69 Å². The van der Waals surface area contributed by atoms with Crippen molar-refractivity contribution in [3.05, 3.63) is 50.3 Å². The number of amides is 2. The van der Waals surface area contributed by atoms with Crippen molar-refractivity contribution in [2.75, 3.05) is 30.8 Å². The number of rotatable bonds is 8. The summed E-state index contributed by atoms with van der Waals surface area (Å²) in [5.74, 6) is 0.187. The summed E-state index contributed by atoms with van der Waals surface area (Å²) in [6.07, 6.45) is 3.39. The largest absolute Gasteiger partial charge is 0.479 e. The van der Waals surface area contributed by atoms with Gasteiger partial charge in [0, 0.05) is 18.5 Å². The molecule has 0 radical (unpaired) electrons. The van der Waals surface area contributed by atoms with Crippen molar-refractivity contribution < 1.29 is 23.8 Å². The third kappa shape index (κ3) is 6.82. The minimum absolute atomic E-state index is 0.0666. The van der Waals surface area contributed by atoms with Crippen LogP contribution in [0.2, 0.25) is 0 Å². The first-order valence-corrected chi connectivity index (χ1v) is 15.6. The number of hydrogen-bond acceptors (Lipinski definition) is 10. The van der Waals surface area contributed by atoms with Gasteiger partial charge in [-0.15, -0.1) is 0 Å². The van der Waals surface area contributed by atoms with Crippen LogP contribution in [0.5, 0.6) is 16.8 Å². The maximum absolute atomic E-state index is 13.1. The second kappa shape index (κ2) is 12.1. The van der Waals surface area contributed by atoms with Crippen LogP contribution in [-0.2, 0) is 16.6 Å². The van der Waals surface area contributed by atoms with Crippen LogP contribution in [0, 0.1) is 6.92 Å². The zero-order chi connectivity index (χ0) is 31.8. The standard InChI is InChI=1S/C31H40N6O6S/c1-17-13-18-10-11-31(5,6)20(18)14-22(17)42-28-33-21(16-44-28)24(38)34-23-25(39)35-27(36-26(23)41-7)32-15-19-9-8-12-37(19)29(40)43-30(2,3)4/h13-14,16,19H,8-12,15H2,1-7H3,(H,34,38)(H2,32,35,36,39). The van der Waals surface area contributed by atoms with E-state index in [4.69, 9.17) is 14.2 Å². The summed E-state index contributed by atoms with van der Waals surface area (Å²) in [7, 11) is 1.36. The van der Waals surface area contributed by atoms with E-state index in [0.29, 0.717) is 24.0 Å². The van der Waals surface area contributed by atoms with Crippen LogP contribution in [0.25, 0.3) is 0 Å². The summed E-state index contributed by atoms with van der Waals surface area (Å²) in [4.78, 5) is 51.6. The number of anilines is 2. The number of carbonyl (C=O) groups is 2. The summed E-state index contributed by atoms with van der Waals surface area (Å²) in [6, 6.07) is 4.11. The molecule has 1 aliphatic heterocycles. The molecule has 5 rings (SSSR count). The molecule has 236 valence electrons. The highest BCUT2D eigenvalue weighted by Gasteiger charge is 2.33. The Labute approximate surface area is 260 Å². The van der Waals surface area contributed by atoms with Crippen LogP contribution in [0.15, 0.2) is 22.3 Å². The number of thiazole rings is 1. The first kappa shape index (κ1) is 31.3. The molecule has 2 amide bonds. The van der Waals surface area contributed by atoms with Gasteiger partial charge in [0.2, 0.25) is 11.8 Å². The molecular weight excluding hydrogens is 584 g/mol. The van der Waals surface area contributed by atoms with Crippen LogP contribution in [0.3, 0.4) is 0 Å². The molecule has 44 heavy (non-hydrogen) atoms. The van der Waals surface area contributed by atoms with Crippen LogP contribution in [0.4, 0.5) is 16.4 Å². The summed E-state index contributed by atoms with van der Waals surface area (Å²) < 4.78 is 16.9. The Hall–Kier alpha value is -4.13. The molecule has 0 saturated carbocycles. The predicted octanol–water partition coefficient (Wildman–Crippen LogP) is 5.62. The third-order valence-corrected chi connectivity index (χ3v) is 8.61. The summed E-state index contributed by atoms with van der Waals surface area (Å²) in [6.45, 7) is 12.9. The molecule has 3 heterocycles. The quantitative estimate of drug-likeness (QED) is 0.290. The van der Waals surface area contributed by atoms with Crippen molar-refractivity contribution in [2.24, 2.45) is 0 Å². The lowest BCUT2D eigenvalue weighted by molar-refractivity contribution is 0.0235. The van der Waals surface area contributed by atoms with E-state index in [2.05, 4.69) is 51.6 Å². The van der Waals surface area contributed by atoms with Crippen molar-refractivity contribution in [1.82, 2.24) is 19.9 Å². The lowest BCUT2D eigenvalue weighted by Crippen LogP contribution is -2.42. The normalized spacial score (nSPS) is 17.2. The van der Waals surface area contributed by atoms with Gasteiger partial charge in [-0.1, -0.05) is 31.3 Å². The van der Waals surface area contributed by atoms with E-state index in [1.807, 2.05) is 27.7 Å². The van der Waals surface area contributed by atoms with Gasteiger partial charge in [0.1, 0.15) is 17.0 Å². The van der Waals surface area contributed by atoms with Crippen molar-refractivity contribution in [1.29, 1.82) is 0 Å². The van der Waals surface area contributed by atoms with E-state index in [-0.39, 0.29) is 40.8 Å². The van der Waals surface area contributed by atoms with Gasteiger partial charge in [0.05, 0.1) is 13.2 Å². The number of aromatic nitrogens is 3. The molecule has 1 atom stereocenters. The number of aromatic amines is 1. The average molecular weight is 625 g/mol. The Morgan fingerprint density at radius 1 is 1.23 bits per heavy atom. The molecule has 2 aliphatic rings. The number of likely N-dealkylation sites (tertiary alicyclic amines) is 1. The van der Waals surface area contributed by atoms with Crippen molar-refractivity contribution >= 4 is 35.0 Å². The number of aryl methyl sites for hydroxylation is 2. The van der Waals surface area contributed by atoms with E-state index in [0.717, 1.165) is 31.2 Å². The van der Waals surface area contributed by atoms with E-state index in [1.165, 1.54) is 29.6 Å². The van der Waals surface area contributed by atoms with Crippen LogP contribution >= 0.6 is 11.3 Å². The lowest BCUT2D eigenvalue weighted by Gasteiger charge is -2.28. The highest BCUT2D eigenvalue weighted by atomic mass is 32.1. The first-order valence-electron chi connectivity index (χ1n) is 14.7. The molecule has 1 fully saturated rings. The van der Waals surface area contributed by atoms with E-state index in [1.54, 1.807) is 10.3 Å². The molecule has 1 unspecified atom stereocenters. The number of nitrogens with zero attached hydrogens (tertiary/aromatic N) is 3. The smallest absolute Gasteiger partial charge is 0.410 e. The second-order valence-corrected chi connectivity index (χ2v) is 13.7. The molecule has 0 spiro atoms. The van der Waals surface area contributed by atoms with Crippen molar-refractivity contribution in [2.45, 2.75) is 84.3 Å². The molecule has 1 aromatic carbocycles. The summed E-state index contributed by atoms with van der Waals surface area (Å²) in [5.41, 5.74) is 2.45. The fourth-order valence-electron chi connectivity index (χ4n) is 5.57. The fraction of sp³-hybridized carbons (Fsp3) is 0.516. The van der Waals surface area contributed by atoms with Crippen LogP contribution in [0.1, 0.15) is 81.1 Å². The maximum atomic E-state index is 13.1. The lowest BCUT2D eigenvalue weighted by atomic mass is 9.86. The van der Waals surface area contributed by atoms with Crippen LogP contribution < -0.4 is 25.7 Å². The van der Waals surface area contributed by atoms with Gasteiger partial charge in [-0.2, -0.15) is 9.97 Å². The average Bonchev–Trinajstić information content (AvgIpc) is 3.67. The van der Waals surface area contributed by atoms with Gasteiger partial charge in [-0.3, -0.25) is 14.6 Å². The summed E-state index contributed by atoms with van der Waals surface area (Å²) >= 11 is 1.19. The van der Waals surface area contributed by atoms with E-state index < -0.39 is 17.1 Å². The molecule has 0 bridgehead atoms. The monoisotopic (exact) mass is 624 g/mol. The number of ether oxygens (including phenoxy) is 3. The molecule has 2 aromatic heterocycles. The predicted molar refractivity (Wildman–Crippen MR) is 169 cm³/mol. The van der Waals surface area contributed by atoms with E-state index in [9.17, 15) is 14.4 Å². The zero-order valence-corrected chi connectivity index (χ0v) is 27.1. The Morgan fingerprint density at radius 2 is 2.00 bits per heavy atom. The molecule has 3 N–H and O–H groups in total. The number of H-pyrrole nitrogens is 1. The van der Waals surface area contributed by atoms with Crippen LogP contribution in [-0.4, -0.2) is 63.7 Å². The molecule has 1 aliphatic carbocycles. The maximum Gasteiger partial charge on any atom is 0.410 e. The van der Waals surface area contributed by atoms with Gasteiger partial charge in [0.25, 0.3) is 16.7 Å². The highest BCUT2D eigenvalue weighted by Crippen LogP contribution is 2.42. The number of benzene rings is 1. The van der Waals surface area contributed by atoms with Crippen molar-refractivity contribution in [3.63, 3.8) is 0 Å². The zero-order valence-electron chi connectivity index (χ0n) is 26.3. The topological polar surface area (TPSA) is 148 Å². The molecule has 3 aromatic rings. The van der Waals surface area contributed by atoms with Gasteiger partial charge >= 0.3 is 6.09 Å². The van der Waals surface area contributed by atoms with Gasteiger partial charge < -0.3 is 29.7 Å². The first-order chi connectivity index (χ1) is 20.7. The Kier molecular flexibility index (Phi) is 8.61. The number of hydrogen-bond donors (Lipinski definition) is 3. The third-order valence-electron chi connectivity index (χ3n) is 7.89. The number of methoxy groups -OCH3 is 1. The number of fused-ring (bicyclic) bond motifs is 1. The number of nitrogens with one attached hydrogen (secondary N) is 3. The van der Waals surface area contributed by atoms with Gasteiger partial charge in [-0.05, 0) is 81.5 Å². The van der Waals surface area contributed by atoms with Gasteiger partial charge in [-0.25, -0.2) is 4.79 Å². The highest BCUT2D eigenvalue weighted by molar-refractivity contribution is 7.11. The molecule has 13 heteroatoms. The minimum atomic E-state index is -0.605. The van der Waals surface area contributed by atoms with Crippen molar-refractivity contribution in [3.8, 4) is 16.8 Å². The minimum Gasteiger partial charge on any atom is -0.479 e. The fourth-order valence-corrected chi connectivity index (χ4v) is 6.24. The molecule has 1 saturated heterocycles. The molecule has 12 nitrogen and oxygen atoms in total. The molecular formula is C31H40N6O6S.